The Morgan fingerprint density at radius 1 is 1.33 bits per heavy atom. The molecule has 0 unspecified atom stereocenters. The molecule has 0 bridgehead atoms. The molecular formula is C13H15F3N4S. The summed E-state index contributed by atoms with van der Waals surface area (Å²) >= 11 is 1.64. The fourth-order valence-electron chi connectivity index (χ4n) is 2.49. The minimum absolute atomic E-state index is 0.0676. The Labute approximate surface area is 124 Å². The summed E-state index contributed by atoms with van der Waals surface area (Å²) in [4.78, 5) is 1.18. The summed E-state index contributed by atoms with van der Waals surface area (Å²) in [6.07, 6.45) is -3.71. The van der Waals surface area contributed by atoms with Crippen LogP contribution in [0.1, 0.15) is 22.9 Å². The molecule has 3 rings (SSSR count). The second-order valence-corrected chi connectivity index (χ2v) is 6.14. The minimum atomic E-state index is -4.15. The van der Waals surface area contributed by atoms with Crippen LogP contribution in [-0.4, -0.2) is 20.9 Å². The maximum atomic E-state index is 12.8. The van der Waals surface area contributed by atoms with Crippen molar-refractivity contribution in [1.29, 1.82) is 0 Å². The number of rotatable bonds is 4. The van der Waals surface area contributed by atoms with Crippen LogP contribution in [0.15, 0.2) is 17.5 Å². The molecule has 21 heavy (non-hydrogen) atoms. The zero-order valence-electron chi connectivity index (χ0n) is 11.2. The highest BCUT2D eigenvalue weighted by molar-refractivity contribution is 7.09. The summed E-state index contributed by atoms with van der Waals surface area (Å²) in [5.74, 6) is -0.0593. The number of halogens is 3. The number of fused-ring (bicyclic) bond motifs is 1. The Kier molecular flexibility index (Phi) is 3.99. The summed E-state index contributed by atoms with van der Waals surface area (Å²) < 4.78 is 40.1. The van der Waals surface area contributed by atoms with Crippen LogP contribution in [0.5, 0.6) is 0 Å². The van der Waals surface area contributed by atoms with E-state index in [-0.39, 0.29) is 13.0 Å². The zero-order chi connectivity index (χ0) is 14.9. The van der Waals surface area contributed by atoms with Crippen molar-refractivity contribution in [2.24, 2.45) is 5.92 Å². The van der Waals surface area contributed by atoms with Gasteiger partial charge in [0.1, 0.15) is 11.6 Å². The number of nitrogens with one attached hydrogen (secondary N) is 1. The van der Waals surface area contributed by atoms with E-state index in [2.05, 4.69) is 15.5 Å². The first kappa shape index (κ1) is 14.5. The van der Waals surface area contributed by atoms with Gasteiger partial charge in [-0.1, -0.05) is 6.07 Å². The van der Waals surface area contributed by atoms with Crippen molar-refractivity contribution >= 4 is 11.3 Å². The number of aryl methyl sites for hydroxylation is 1. The van der Waals surface area contributed by atoms with E-state index in [1.807, 2.05) is 17.5 Å². The summed E-state index contributed by atoms with van der Waals surface area (Å²) in [6, 6.07) is 3.98. The van der Waals surface area contributed by atoms with Gasteiger partial charge in [-0.3, -0.25) is 0 Å². The van der Waals surface area contributed by atoms with Gasteiger partial charge in [0.2, 0.25) is 0 Å². The van der Waals surface area contributed by atoms with Gasteiger partial charge in [-0.25, -0.2) is 0 Å². The van der Waals surface area contributed by atoms with Gasteiger partial charge < -0.3 is 9.88 Å². The second-order valence-electron chi connectivity index (χ2n) is 5.10. The number of aromatic nitrogens is 3. The van der Waals surface area contributed by atoms with Gasteiger partial charge >= 0.3 is 6.18 Å². The van der Waals surface area contributed by atoms with Gasteiger partial charge in [-0.2, -0.15) is 13.2 Å². The lowest BCUT2D eigenvalue weighted by Crippen LogP contribution is -2.33. The van der Waals surface area contributed by atoms with Gasteiger partial charge in [0.05, 0.1) is 12.5 Å². The average molecular weight is 316 g/mol. The van der Waals surface area contributed by atoms with Crippen molar-refractivity contribution < 1.29 is 13.2 Å². The average Bonchev–Trinajstić information content (AvgIpc) is 3.07. The van der Waals surface area contributed by atoms with Gasteiger partial charge in [-0.05, 0) is 17.9 Å². The van der Waals surface area contributed by atoms with Crippen LogP contribution in [-0.2, 0) is 26.1 Å². The van der Waals surface area contributed by atoms with Crippen molar-refractivity contribution in [3.8, 4) is 0 Å². The first-order valence-corrected chi connectivity index (χ1v) is 7.63. The van der Waals surface area contributed by atoms with Crippen molar-refractivity contribution in [2.75, 3.05) is 0 Å². The molecule has 0 amide bonds. The molecule has 0 fully saturated rings. The Morgan fingerprint density at radius 2 is 2.19 bits per heavy atom. The maximum absolute atomic E-state index is 12.8. The molecule has 0 saturated carbocycles. The van der Waals surface area contributed by atoms with Crippen LogP contribution < -0.4 is 5.32 Å². The fraction of sp³-hybridized carbons (Fsp3) is 0.538. The van der Waals surface area contributed by atoms with E-state index in [9.17, 15) is 13.2 Å². The number of thiophene rings is 1. The van der Waals surface area contributed by atoms with Crippen LogP contribution >= 0.6 is 11.3 Å². The topological polar surface area (TPSA) is 42.7 Å². The maximum Gasteiger partial charge on any atom is 0.393 e. The fourth-order valence-corrected chi connectivity index (χ4v) is 3.17. The standard InChI is InChI=1S/C13H15F3N4S/c14-13(15,16)9-3-4-11-18-19-12(20(11)8-9)7-17-6-10-2-1-5-21-10/h1-2,5,9,17H,3-4,6-8H2/t9-/m1/s1. The molecule has 1 aliphatic heterocycles. The predicted molar refractivity (Wildman–Crippen MR) is 72.8 cm³/mol. The highest BCUT2D eigenvalue weighted by atomic mass is 32.1. The van der Waals surface area contributed by atoms with Crippen LogP contribution in [0.2, 0.25) is 0 Å². The van der Waals surface area contributed by atoms with E-state index in [0.717, 1.165) is 0 Å². The van der Waals surface area contributed by atoms with Gasteiger partial charge in [0.15, 0.2) is 0 Å². The zero-order valence-corrected chi connectivity index (χ0v) is 12.0. The first-order valence-electron chi connectivity index (χ1n) is 6.75. The van der Waals surface area contributed by atoms with E-state index in [1.165, 1.54) is 4.88 Å². The highest BCUT2D eigenvalue weighted by Gasteiger charge is 2.42. The molecule has 0 aromatic carbocycles. The Bertz CT molecular complexity index is 591. The van der Waals surface area contributed by atoms with Gasteiger partial charge in [-0.15, -0.1) is 21.5 Å². The predicted octanol–water partition coefficient (Wildman–Crippen LogP) is 2.75. The molecule has 4 nitrogen and oxygen atoms in total. The van der Waals surface area contributed by atoms with Crippen molar-refractivity contribution in [1.82, 2.24) is 20.1 Å². The normalized spacial score (nSPS) is 18.7. The van der Waals surface area contributed by atoms with Crippen molar-refractivity contribution in [3.63, 3.8) is 0 Å². The molecule has 0 aliphatic carbocycles. The molecular weight excluding hydrogens is 301 g/mol. The third-order valence-corrected chi connectivity index (χ3v) is 4.53. The minimum Gasteiger partial charge on any atom is -0.313 e. The molecule has 2 aromatic rings. The van der Waals surface area contributed by atoms with E-state index >= 15 is 0 Å². The van der Waals surface area contributed by atoms with Gasteiger partial charge in [0.25, 0.3) is 0 Å². The molecule has 1 aliphatic rings. The Hall–Kier alpha value is -1.41. The molecule has 8 heteroatoms. The molecule has 0 saturated heterocycles. The van der Waals surface area contributed by atoms with Crippen LogP contribution in [0, 0.1) is 5.92 Å². The lowest BCUT2D eigenvalue weighted by atomic mass is 9.99. The van der Waals surface area contributed by atoms with Crippen molar-refractivity contribution in [3.05, 3.63) is 34.0 Å². The van der Waals surface area contributed by atoms with Crippen LogP contribution in [0.3, 0.4) is 0 Å². The molecule has 0 spiro atoms. The summed E-state index contributed by atoms with van der Waals surface area (Å²) in [5, 5.41) is 13.2. The van der Waals surface area contributed by atoms with Crippen molar-refractivity contribution in [2.45, 2.75) is 38.7 Å². The summed E-state index contributed by atoms with van der Waals surface area (Å²) in [6.45, 7) is 1.04. The Morgan fingerprint density at radius 3 is 2.90 bits per heavy atom. The first-order chi connectivity index (χ1) is 10.0. The summed E-state index contributed by atoms with van der Waals surface area (Å²) in [5.41, 5.74) is 0. The Balaban J connectivity index is 1.64. The van der Waals surface area contributed by atoms with E-state index < -0.39 is 12.1 Å². The van der Waals surface area contributed by atoms with Crippen LogP contribution in [0.25, 0.3) is 0 Å². The van der Waals surface area contributed by atoms with E-state index in [4.69, 9.17) is 0 Å². The second kappa shape index (κ2) is 5.76. The molecule has 0 radical (unpaired) electrons. The third-order valence-electron chi connectivity index (χ3n) is 3.65. The van der Waals surface area contributed by atoms with E-state index in [1.54, 1.807) is 15.9 Å². The quantitative estimate of drug-likeness (QED) is 0.943. The number of hydrogen-bond acceptors (Lipinski definition) is 4. The van der Waals surface area contributed by atoms with Crippen LogP contribution in [0.4, 0.5) is 13.2 Å². The smallest absolute Gasteiger partial charge is 0.313 e. The SMILES string of the molecule is FC(F)(F)[C@@H]1CCc2nnc(CNCc3cccs3)n2C1. The number of alkyl halides is 3. The molecule has 114 valence electrons. The lowest BCUT2D eigenvalue weighted by Gasteiger charge is -2.26. The number of hydrogen-bond donors (Lipinski definition) is 1. The highest BCUT2D eigenvalue weighted by Crippen LogP contribution is 2.34. The van der Waals surface area contributed by atoms with E-state index in [0.29, 0.717) is 31.2 Å². The largest absolute Gasteiger partial charge is 0.393 e. The summed E-state index contributed by atoms with van der Waals surface area (Å²) in [7, 11) is 0. The third kappa shape index (κ3) is 3.26. The molecule has 3 heterocycles. The van der Waals surface area contributed by atoms with Gasteiger partial charge in [0, 0.05) is 24.4 Å². The molecule has 2 aromatic heterocycles. The molecule has 1 N–H and O–H groups in total. The monoisotopic (exact) mass is 316 g/mol. The molecule has 1 atom stereocenters. The number of nitrogens with zero attached hydrogens (tertiary/aromatic N) is 3. The lowest BCUT2D eigenvalue weighted by molar-refractivity contribution is -0.182.